The van der Waals surface area contributed by atoms with E-state index >= 15 is 0 Å². The summed E-state index contributed by atoms with van der Waals surface area (Å²) in [7, 11) is -1.41. The summed E-state index contributed by atoms with van der Waals surface area (Å²) in [6, 6.07) is 24.3. The molecule has 0 saturated carbocycles. The molecule has 0 saturated heterocycles. The Labute approximate surface area is 191 Å². The maximum atomic E-state index is 9.88. The van der Waals surface area contributed by atoms with Crippen LogP contribution >= 0.6 is 0 Å². The quantitative estimate of drug-likeness (QED) is 0.516. The summed E-state index contributed by atoms with van der Waals surface area (Å²) in [6.07, 6.45) is 0. The van der Waals surface area contributed by atoms with Crippen LogP contribution in [0.25, 0.3) is 0 Å². The molecule has 0 radical (unpaired) electrons. The van der Waals surface area contributed by atoms with Crippen LogP contribution in [0.1, 0.15) is 26.3 Å². The van der Waals surface area contributed by atoms with E-state index in [0.29, 0.717) is 11.5 Å². The summed E-state index contributed by atoms with van der Waals surface area (Å²) in [6.45, 7) is 6.94. The molecule has 0 amide bonds. The summed E-state index contributed by atoms with van der Waals surface area (Å²) in [5.41, 5.74) is 1.02. The van der Waals surface area contributed by atoms with Gasteiger partial charge < -0.3 is 23.9 Å². The van der Waals surface area contributed by atoms with Gasteiger partial charge in [-0.2, -0.15) is 0 Å². The summed E-state index contributed by atoms with van der Waals surface area (Å²) in [5.74, 6) is 0.732. The van der Waals surface area contributed by atoms with Crippen LogP contribution in [0.5, 0.6) is 11.5 Å². The maximum absolute atomic E-state index is 9.88. The first-order valence-corrected chi connectivity index (χ1v) is 12.5. The first-order valence-electron chi connectivity index (χ1n) is 10.6. The van der Waals surface area contributed by atoms with E-state index in [-0.39, 0.29) is 17.1 Å². The van der Waals surface area contributed by atoms with Gasteiger partial charge in [0, 0.05) is 5.46 Å². The molecule has 2 N–H and O–H groups in total. The highest BCUT2D eigenvalue weighted by Crippen LogP contribution is 2.37. The molecule has 0 aliphatic rings. The van der Waals surface area contributed by atoms with Crippen LogP contribution in [-0.4, -0.2) is 39.7 Å². The van der Waals surface area contributed by atoms with Crippen molar-refractivity contribution in [1.82, 2.24) is 0 Å². The molecule has 168 valence electrons. The van der Waals surface area contributed by atoms with Crippen LogP contribution in [0.15, 0.2) is 72.8 Å². The Bertz CT molecular complexity index is 980. The third-order valence-corrected chi connectivity index (χ3v) is 10.7. The molecule has 5 nitrogen and oxygen atoms in total. The number of rotatable bonds is 8. The predicted octanol–water partition coefficient (Wildman–Crippen LogP) is 2.46. The molecule has 0 fully saturated rings. The Morgan fingerprint density at radius 2 is 1.34 bits per heavy atom. The van der Waals surface area contributed by atoms with E-state index in [9.17, 15) is 10.0 Å². The topological polar surface area (TPSA) is 68.2 Å². The summed E-state index contributed by atoms with van der Waals surface area (Å²) >= 11 is 0. The van der Waals surface area contributed by atoms with E-state index < -0.39 is 15.4 Å². The van der Waals surface area contributed by atoms with Crippen LogP contribution in [0, 0.1) is 0 Å². The molecule has 0 bridgehead atoms. The van der Waals surface area contributed by atoms with Gasteiger partial charge in [0.25, 0.3) is 8.32 Å². The van der Waals surface area contributed by atoms with Crippen molar-refractivity contribution in [3.63, 3.8) is 0 Å². The van der Waals surface area contributed by atoms with Gasteiger partial charge >= 0.3 is 7.12 Å². The lowest BCUT2D eigenvalue weighted by molar-refractivity contribution is 0.284. The summed E-state index contributed by atoms with van der Waals surface area (Å²) in [5, 5.41) is 22.0. The molecular formula is C25H31BO5Si. The van der Waals surface area contributed by atoms with Crippen molar-refractivity contribution in [2.24, 2.45) is 0 Å². The van der Waals surface area contributed by atoms with E-state index in [1.165, 1.54) is 24.6 Å². The van der Waals surface area contributed by atoms with Crippen LogP contribution in [-0.2, 0) is 11.0 Å². The Morgan fingerprint density at radius 1 is 0.812 bits per heavy atom. The Morgan fingerprint density at radius 3 is 1.75 bits per heavy atom. The lowest BCUT2D eigenvalue weighted by Crippen LogP contribution is -2.66. The Kier molecular flexibility index (Phi) is 7.46. The number of hydrogen-bond acceptors (Lipinski definition) is 5. The fourth-order valence-electron chi connectivity index (χ4n) is 4.28. The van der Waals surface area contributed by atoms with Crippen molar-refractivity contribution in [3.05, 3.63) is 78.4 Å². The zero-order valence-corrected chi connectivity index (χ0v) is 20.3. The molecule has 0 unspecified atom stereocenters. The number of hydrogen-bond donors (Lipinski definition) is 2. The minimum absolute atomic E-state index is 0.161. The van der Waals surface area contributed by atoms with Gasteiger partial charge in [-0.3, -0.25) is 0 Å². The van der Waals surface area contributed by atoms with Crippen LogP contribution in [0.3, 0.4) is 0 Å². The van der Waals surface area contributed by atoms with E-state index in [2.05, 4.69) is 45.0 Å². The summed E-state index contributed by atoms with van der Waals surface area (Å²) in [4.78, 5) is 0. The van der Waals surface area contributed by atoms with Gasteiger partial charge in [0.2, 0.25) is 0 Å². The van der Waals surface area contributed by atoms with Gasteiger partial charge in [0.1, 0.15) is 0 Å². The SMILES string of the molecule is COc1cc(CO[Si](c2ccccc2)(c2ccccc2)C(C)(C)C)cc(B(O)O)c1OC. The minimum Gasteiger partial charge on any atom is -0.493 e. The largest absolute Gasteiger partial charge is 0.493 e. The fourth-order valence-corrected chi connectivity index (χ4v) is 8.82. The predicted molar refractivity (Wildman–Crippen MR) is 132 cm³/mol. The van der Waals surface area contributed by atoms with E-state index in [4.69, 9.17) is 13.9 Å². The highest BCUT2D eigenvalue weighted by Gasteiger charge is 2.50. The van der Waals surface area contributed by atoms with Gasteiger partial charge in [-0.15, -0.1) is 0 Å². The second-order valence-corrected chi connectivity index (χ2v) is 13.1. The highest BCUT2D eigenvalue weighted by molar-refractivity contribution is 6.99. The highest BCUT2D eigenvalue weighted by atomic mass is 28.4. The molecule has 0 heterocycles. The van der Waals surface area contributed by atoms with Crippen molar-refractivity contribution in [2.75, 3.05) is 14.2 Å². The van der Waals surface area contributed by atoms with Gasteiger partial charge in [-0.1, -0.05) is 87.5 Å². The van der Waals surface area contributed by atoms with E-state index in [1.807, 2.05) is 42.5 Å². The third-order valence-electron chi connectivity index (χ3n) is 5.72. The number of benzene rings is 3. The zero-order chi connectivity index (χ0) is 23.4. The molecule has 3 aromatic carbocycles. The zero-order valence-electron chi connectivity index (χ0n) is 19.3. The molecular weight excluding hydrogens is 419 g/mol. The van der Waals surface area contributed by atoms with Gasteiger partial charge in [-0.25, -0.2) is 0 Å². The van der Waals surface area contributed by atoms with E-state index in [1.54, 1.807) is 6.07 Å². The van der Waals surface area contributed by atoms with Crippen molar-refractivity contribution < 1.29 is 23.9 Å². The molecule has 7 heteroatoms. The Hall–Kier alpha value is -2.58. The summed E-state index contributed by atoms with van der Waals surface area (Å²) < 4.78 is 17.7. The van der Waals surface area contributed by atoms with Gasteiger partial charge in [0.05, 0.1) is 20.8 Å². The first kappa shape index (κ1) is 24.1. The monoisotopic (exact) mass is 450 g/mol. The molecule has 32 heavy (non-hydrogen) atoms. The second-order valence-electron chi connectivity index (χ2n) is 8.75. The first-order chi connectivity index (χ1) is 15.2. The molecule has 0 spiro atoms. The standard InChI is InChI=1S/C25H31BO5Si/c1-25(2,3)32(20-12-8-6-9-13-20,21-14-10-7-11-15-21)31-18-19-16-22(26(27)28)24(30-5)23(17-19)29-4/h6-17,27-28H,18H2,1-5H3. The molecule has 0 atom stereocenters. The average molecular weight is 450 g/mol. The smallest absolute Gasteiger partial charge is 0.492 e. The van der Waals surface area contributed by atoms with Crippen molar-refractivity contribution in [1.29, 1.82) is 0 Å². The number of methoxy groups -OCH3 is 2. The van der Waals surface area contributed by atoms with Gasteiger partial charge in [-0.05, 0) is 27.0 Å². The average Bonchev–Trinajstić information content (AvgIpc) is 2.79. The van der Waals surface area contributed by atoms with Crippen molar-refractivity contribution >= 4 is 31.3 Å². The minimum atomic E-state index is -2.72. The van der Waals surface area contributed by atoms with Crippen molar-refractivity contribution in [3.8, 4) is 11.5 Å². The Balaban J connectivity index is 2.12. The van der Waals surface area contributed by atoms with Crippen LogP contribution in [0.4, 0.5) is 0 Å². The number of ether oxygens (including phenoxy) is 2. The molecule has 3 rings (SSSR count). The lowest BCUT2D eigenvalue weighted by Gasteiger charge is -2.43. The molecule has 0 aliphatic carbocycles. The second kappa shape index (κ2) is 9.92. The molecule has 0 aromatic heterocycles. The van der Waals surface area contributed by atoms with Crippen molar-refractivity contribution in [2.45, 2.75) is 32.4 Å². The van der Waals surface area contributed by atoms with Crippen LogP contribution < -0.4 is 25.3 Å². The normalized spacial score (nSPS) is 11.8. The lowest BCUT2D eigenvalue weighted by atomic mass is 9.78. The van der Waals surface area contributed by atoms with E-state index in [0.717, 1.165) is 5.56 Å². The maximum Gasteiger partial charge on any atom is 0.492 e. The molecule has 0 aliphatic heterocycles. The van der Waals surface area contributed by atoms with Crippen LogP contribution in [0.2, 0.25) is 5.04 Å². The van der Waals surface area contributed by atoms with Gasteiger partial charge in [0.15, 0.2) is 11.5 Å². The fraction of sp³-hybridized carbons (Fsp3) is 0.280. The molecule has 3 aromatic rings. The third kappa shape index (κ3) is 4.61.